The van der Waals surface area contributed by atoms with Crippen LogP contribution in [0.4, 0.5) is 5.69 Å². The summed E-state index contributed by atoms with van der Waals surface area (Å²) < 4.78 is 16.0. The average molecular weight is 331 g/mol. The molecule has 1 aromatic carbocycles. The van der Waals surface area contributed by atoms with Gasteiger partial charge in [0.2, 0.25) is 0 Å². The molecule has 0 aliphatic carbocycles. The Morgan fingerprint density at radius 2 is 1.92 bits per heavy atom. The van der Waals surface area contributed by atoms with Crippen LogP contribution < -0.4 is 19.7 Å². The first kappa shape index (κ1) is 16.6. The SMILES string of the molecule is COc1cc(OC)cc(N2CC[C@H](NCc3c(C)noc3C)C2)c1. The highest BCUT2D eigenvalue weighted by Gasteiger charge is 2.24. The maximum Gasteiger partial charge on any atom is 0.138 e. The maximum absolute atomic E-state index is 5.37. The van der Waals surface area contributed by atoms with Crippen molar-refractivity contribution in [3.63, 3.8) is 0 Å². The number of benzene rings is 1. The van der Waals surface area contributed by atoms with E-state index in [0.29, 0.717) is 6.04 Å². The Morgan fingerprint density at radius 3 is 2.50 bits per heavy atom. The van der Waals surface area contributed by atoms with E-state index in [2.05, 4.69) is 27.5 Å². The van der Waals surface area contributed by atoms with Crippen LogP contribution >= 0.6 is 0 Å². The van der Waals surface area contributed by atoms with Crippen LogP contribution in [-0.4, -0.2) is 38.5 Å². The summed E-state index contributed by atoms with van der Waals surface area (Å²) in [6.07, 6.45) is 1.10. The number of hydrogen-bond donors (Lipinski definition) is 1. The molecule has 1 N–H and O–H groups in total. The number of methoxy groups -OCH3 is 2. The van der Waals surface area contributed by atoms with Gasteiger partial charge in [-0.05, 0) is 20.3 Å². The summed E-state index contributed by atoms with van der Waals surface area (Å²) >= 11 is 0. The van der Waals surface area contributed by atoms with Gasteiger partial charge in [0.15, 0.2) is 0 Å². The smallest absolute Gasteiger partial charge is 0.138 e. The Bertz CT molecular complexity index is 657. The Kier molecular flexibility index (Phi) is 4.94. The molecule has 0 amide bonds. The van der Waals surface area contributed by atoms with Gasteiger partial charge in [-0.3, -0.25) is 0 Å². The maximum atomic E-state index is 5.37. The van der Waals surface area contributed by atoms with Crippen LogP contribution in [0, 0.1) is 13.8 Å². The van der Waals surface area contributed by atoms with Crippen molar-refractivity contribution in [3.8, 4) is 11.5 Å². The van der Waals surface area contributed by atoms with Crippen molar-refractivity contribution < 1.29 is 14.0 Å². The van der Waals surface area contributed by atoms with Crippen LogP contribution in [0.2, 0.25) is 0 Å². The lowest BCUT2D eigenvalue weighted by Gasteiger charge is -2.20. The van der Waals surface area contributed by atoms with Gasteiger partial charge in [-0.15, -0.1) is 0 Å². The van der Waals surface area contributed by atoms with Gasteiger partial charge in [0.1, 0.15) is 17.3 Å². The first-order valence-electron chi connectivity index (χ1n) is 8.24. The molecule has 2 heterocycles. The van der Waals surface area contributed by atoms with E-state index in [1.165, 1.54) is 0 Å². The van der Waals surface area contributed by atoms with Gasteiger partial charge in [-0.25, -0.2) is 0 Å². The molecule has 0 radical (unpaired) electrons. The molecular weight excluding hydrogens is 306 g/mol. The first-order valence-corrected chi connectivity index (χ1v) is 8.24. The molecule has 1 fully saturated rings. The third-order valence-corrected chi connectivity index (χ3v) is 4.64. The highest BCUT2D eigenvalue weighted by molar-refractivity contribution is 5.56. The van der Waals surface area contributed by atoms with E-state index in [1.807, 2.05) is 19.9 Å². The van der Waals surface area contributed by atoms with Gasteiger partial charge in [0.25, 0.3) is 0 Å². The largest absolute Gasteiger partial charge is 0.497 e. The molecule has 24 heavy (non-hydrogen) atoms. The molecule has 3 rings (SSSR count). The van der Waals surface area contributed by atoms with Gasteiger partial charge >= 0.3 is 0 Å². The molecule has 1 aromatic heterocycles. The summed E-state index contributed by atoms with van der Waals surface area (Å²) in [5.41, 5.74) is 3.26. The lowest BCUT2D eigenvalue weighted by atomic mass is 10.2. The fraction of sp³-hybridized carbons (Fsp3) is 0.500. The summed E-state index contributed by atoms with van der Waals surface area (Å²) in [7, 11) is 3.35. The van der Waals surface area contributed by atoms with Crippen molar-refractivity contribution in [3.05, 3.63) is 35.2 Å². The standard InChI is InChI=1S/C18H25N3O3/c1-12-18(13(2)24-20-12)10-19-14-5-6-21(11-14)15-7-16(22-3)9-17(8-15)23-4/h7-9,14,19H,5-6,10-11H2,1-4H3/t14-/m0/s1. The first-order chi connectivity index (χ1) is 11.6. The van der Waals surface area contributed by atoms with Crippen LogP contribution in [0.1, 0.15) is 23.4 Å². The predicted octanol–water partition coefficient (Wildman–Crippen LogP) is 2.68. The molecule has 2 aromatic rings. The van der Waals surface area contributed by atoms with E-state index >= 15 is 0 Å². The molecule has 6 heteroatoms. The quantitative estimate of drug-likeness (QED) is 0.878. The number of aromatic nitrogens is 1. The van der Waals surface area contributed by atoms with E-state index < -0.39 is 0 Å². The van der Waals surface area contributed by atoms with Crippen molar-refractivity contribution in [2.24, 2.45) is 0 Å². The van der Waals surface area contributed by atoms with Crippen LogP contribution in [0.3, 0.4) is 0 Å². The number of aryl methyl sites for hydroxylation is 2. The predicted molar refractivity (Wildman–Crippen MR) is 93.0 cm³/mol. The Hall–Kier alpha value is -2.21. The van der Waals surface area contributed by atoms with E-state index in [4.69, 9.17) is 14.0 Å². The molecule has 1 saturated heterocycles. The number of nitrogens with zero attached hydrogens (tertiary/aromatic N) is 2. The lowest BCUT2D eigenvalue weighted by Crippen LogP contribution is -2.32. The number of rotatable bonds is 6. The minimum atomic E-state index is 0.441. The Labute approximate surface area is 142 Å². The zero-order valence-electron chi connectivity index (χ0n) is 14.8. The highest BCUT2D eigenvalue weighted by Crippen LogP contribution is 2.30. The number of ether oxygens (including phenoxy) is 2. The van der Waals surface area contributed by atoms with Gasteiger partial charge in [-0.2, -0.15) is 0 Å². The monoisotopic (exact) mass is 331 g/mol. The van der Waals surface area contributed by atoms with Crippen LogP contribution in [-0.2, 0) is 6.54 Å². The molecule has 1 aliphatic heterocycles. The van der Waals surface area contributed by atoms with Crippen molar-refractivity contribution in [1.82, 2.24) is 10.5 Å². The molecule has 0 saturated carbocycles. The lowest BCUT2D eigenvalue weighted by molar-refractivity contribution is 0.391. The molecule has 0 spiro atoms. The number of nitrogens with one attached hydrogen (secondary N) is 1. The van der Waals surface area contributed by atoms with Gasteiger partial charge in [0, 0.05) is 55.1 Å². The van der Waals surface area contributed by atoms with Gasteiger partial charge < -0.3 is 24.2 Å². The van der Waals surface area contributed by atoms with E-state index in [9.17, 15) is 0 Å². The van der Waals surface area contributed by atoms with E-state index in [0.717, 1.165) is 60.3 Å². The number of hydrogen-bond acceptors (Lipinski definition) is 6. The minimum absolute atomic E-state index is 0.441. The molecule has 1 atom stereocenters. The van der Waals surface area contributed by atoms with Gasteiger partial charge in [-0.1, -0.05) is 5.16 Å². The fourth-order valence-electron chi connectivity index (χ4n) is 3.14. The van der Waals surface area contributed by atoms with Crippen LogP contribution in [0.5, 0.6) is 11.5 Å². The zero-order valence-corrected chi connectivity index (χ0v) is 14.8. The fourth-order valence-corrected chi connectivity index (χ4v) is 3.14. The Balaban J connectivity index is 1.63. The second kappa shape index (κ2) is 7.13. The topological polar surface area (TPSA) is 59.8 Å². The van der Waals surface area contributed by atoms with Crippen molar-refractivity contribution in [2.75, 3.05) is 32.2 Å². The van der Waals surface area contributed by atoms with Crippen molar-refractivity contribution in [1.29, 1.82) is 0 Å². The van der Waals surface area contributed by atoms with Crippen LogP contribution in [0.15, 0.2) is 22.7 Å². The third kappa shape index (κ3) is 3.48. The molecule has 0 unspecified atom stereocenters. The summed E-state index contributed by atoms with van der Waals surface area (Å²) in [5, 5.41) is 7.63. The van der Waals surface area contributed by atoms with E-state index in [-0.39, 0.29) is 0 Å². The summed E-state index contributed by atoms with van der Waals surface area (Å²) in [5.74, 6) is 2.53. The summed E-state index contributed by atoms with van der Waals surface area (Å²) in [6.45, 7) is 6.70. The molecule has 130 valence electrons. The third-order valence-electron chi connectivity index (χ3n) is 4.64. The van der Waals surface area contributed by atoms with Crippen molar-refractivity contribution >= 4 is 5.69 Å². The van der Waals surface area contributed by atoms with Gasteiger partial charge in [0.05, 0.1) is 19.9 Å². The summed E-state index contributed by atoms with van der Waals surface area (Å²) in [6, 6.07) is 6.45. The van der Waals surface area contributed by atoms with E-state index in [1.54, 1.807) is 14.2 Å². The second-order valence-electron chi connectivity index (χ2n) is 6.19. The molecule has 6 nitrogen and oxygen atoms in total. The average Bonchev–Trinajstić information content (AvgIpc) is 3.20. The normalized spacial score (nSPS) is 17.3. The molecule has 0 bridgehead atoms. The molecule has 1 aliphatic rings. The van der Waals surface area contributed by atoms with Crippen LogP contribution in [0.25, 0.3) is 0 Å². The second-order valence-corrected chi connectivity index (χ2v) is 6.19. The summed E-state index contributed by atoms with van der Waals surface area (Å²) in [4.78, 5) is 2.36. The van der Waals surface area contributed by atoms with Crippen molar-refractivity contribution in [2.45, 2.75) is 32.9 Å². The minimum Gasteiger partial charge on any atom is -0.497 e. The Morgan fingerprint density at radius 1 is 1.21 bits per heavy atom. The zero-order chi connectivity index (χ0) is 17.1. The number of anilines is 1. The highest BCUT2D eigenvalue weighted by atomic mass is 16.5. The molecular formula is C18H25N3O3.